The quantitative estimate of drug-likeness (QED) is 0.859. The van der Waals surface area contributed by atoms with Crippen LogP contribution in [0.1, 0.15) is 31.6 Å². The molecule has 1 aromatic carbocycles. The standard InChI is InChI=1S/C15H21FN4O/c1-10(2)20-9-18-8-15(20)14(7-17)19-13-6-11(21-3)4-5-12(13)16/h4-6,8-10,14,19H,7,17H2,1-3H3. The van der Waals surface area contributed by atoms with Gasteiger partial charge in [-0.1, -0.05) is 0 Å². The monoisotopic (exact) mass is 292 g/mol. The molecule has 2 rings (SSSR count). The molecule has 0 bridgehead atoms. The normalized spacial score (nSPS) is 12.5. The molecule has 2 aromatic rings. The number of benzene rings is 1. The molecule has 0 saturated heterocycles. The number of imidazole rings is 1. The molecule has 5 nitrogen and oxygen atoms in total. The van der Waals surface area contributed by atoms with Crippen molar-refractivity contribution in [3.8, 4) is 5.75 Å². The highest BCUT2D eigenvalue weighted by molar-refractivity contribution is 5.51. The lowest BCUT2D eigenvalue weighted by Crippen LogP contribution is -2.24. The number of methoxy groups -OCH3 is 1. The van der Waals surface area contributed by atoms with E-state index in [1.807, 2.05) is 4.57 Å². The van der Waals surface area contributed by atoms with Crippen molar-refractivity contribution in [2.24, 2.45) is 5.73 Å². The van der Waals surface area contributed by atoms with Crippen LogP contribution in [0.4, 0.5) is 10.1 Å². The first-order valence-electron chi connectivity index (χ1n) is 6.88. The first kappa shape index (κ1) is 15.3. The topological polar surface area (TPSA) is 65.1 Å². The van der Waals surface area contributed by atoms with Crippen molar-refractivity contribution in [3.63, 3.8) is 0 Å². The van der Waals surface area contributed by atoms with Crippen LogP contribution in [0, 0.1) is 5.82 Å². The summed E-state index contributed by atoms with van der Waals surface area (Å²) in [5.74, 6) is 0.247. The number of hydrogen-bond donors (Lipinski definition) is 2. The molecule has 6 heteroatoms. The van der Waals surface area contributed by atoms with Gasteiger partial charge in [-0.3, -0.25) is 0 Å². The Kier molecular flexibility index (Phi) is 4.80. The Balaban J connectivity index is 2.29. The van der Waals surface area contributed by atoms with Gasteiger partial charge in [-0.05, 0) is 26.0 Å². The van der Waals surface area contributed by atoms with Crippen LogP contribution in [0.25, 0.3) is 0 Å². The number of hydrogen-bond acceptors (Lipinski definition) is 4. The van der Waals surface area contributed by atoms with Gasteiger partial charge < -0.3 is 20.4 Å². The van der Waals surface area contributed by atoms with Crippen molar-refractivity contribution in [2.45, 2.75) is 25.9 Å². The lowest BCUT2D eigenvalue weighted by molar-refractivity contribution is 0.414. The third kappa shape index (κ3) is 3.33. The Labute approximate surface area is 123 Å². The van der Waals surface area contributed by atoms with E-state index in [4.69, 9.17) is 10.5 Å². The predicted molar refractivity (Wildman–Crippen MR) is 81.0 cm³/mol. The molecule has 0 amide bonds. The maximum absolute atomic E-state index is 13.9. The van der Waals surface area contributed by atoms with Crippen molar-refractivity contribution in [3.05, 3.63) is 42.2 Å². The van der Waals surface area contributed by atoms with E-state index in [0.717, 1.165) is 5.69 Å². The average Bonchev–Trinajstić information content (AvgIpc) is 2.96. The van der Waals surface area contributed by atoms with Crippen LogP contribution in [-0.4, -0.2) is 23.2 Å². The Morgan fingerprint density at radius 3 is 2.81 bits per heavy atom. The van der Waals surface area contributed by atoms with Gasteiger partial charge >= 0.3 is 0 Å². The number of aromatic nitrogens is 2. The van der Waals surface area contributed by atoms with Crippen LogP contribution in [0.15, 0.2) is 30.7 Å². The Hall–Kier alpha value is -2.08. The molecule has 0 spiro atoms. The minimum Gasteiger partial charge on any atom is -0.497 e. The number of nitrogens with two attached hydrogens (primary N) is 1. The molecule has 21 heavy (non-hydrogen) atoms. The van der Waals surface area contributed by atoms with Crippen molar-refractivity contribution in [1.82, 2.24) is 9.55 Å². The zero-order valence-corrected chi connectivity index (χ0v) is 12.5. The van der Waals surface area contributed by atoms with Crippen molar-refractivity contribution in [1.29, 1.82) is 0 Å². The Morgan fingerprint density at radius 1 is 1.43 bits per heavy atom. The minimum atomic E-state index is -0.343. The summed E-state index contributed by atoms with van der Waals surface area (Å²) < 4.78 is 21.1. The van der Waals surface area contributed by atoms with E-state index in [9.17, 15) is 4.39 Å². The van der Waals surface area contributed by atoms with E-state index in [1.165, 1.54) is 6.07 Å². The Morgan fingerprint density at radius 2 is 2.19 bits per heavy atom. The van der Waals surface area contributed by atoms with Gasteiger partial charge in [0.2, 0.25) is 0 Å². The third-order valence-electron chi connectivity index (χ3n) is 3.35. The van der Waals surface area contributed by atoms with Gasteiger partial charge in [0, 0.05) is 18.7 Å². The van der Waals surface area contributed by atoms with Gasteiger partial charge in [-0.15, -0.1) is 0 Å². The molecule has 3 N–H and O–H groups in total. The molecule has 0 aliphatic rings. The number of ether oxygens (including phenoxy) is 1. The summed E-state index contributed by atoms with van der Waals surface area (Å²) in [6.07, 6.45) is 3.51. The fraction of sp³-hybridized carbons (Fsp3) is 0.400. The smallest absolute Gasteiger partial charge is 0.146 e. The molecule has 1 unspecified atom stereocenters. The highest BCUT2D eigenvalue weighted by atomic mass is 19.1. The molecular formula is C15H21FN4O. The van der Waals surface area contributed by atoms with E-state index in [-0.39, 0.29) is 17.9 Å². The first-order valence-corrected chi connectivity index (χ1v) is 6.88. The van der Waals surface area contributed by atoms with Crippen LogP contribution < -0.4 is 15.8 Å². The fourth-order valence-electron chi connectivity index (χ4n) is 2.20. The number of halogens is 1. The summed E-state index contributed by atoms with van der Waals surface area (Å²) in [5, 5.41) is 3.13. The van der Waals surface area contributed by atoms with Crippen LogP contribution in [0.3, 0.4) is 0 Å². The van der Waals surface area contributed by atoms with Crippen LogP contribution >= 0.6 is 0 Å². The molecule has 1 atom stereocenters. The summed E-state index contributed by atoms with van der Waals surface area (Å²) in [7, 11) is 1.55. The molecule has 1 aromatic heterocycles. The molecule has 0 aliphatic heterocycles. The number of nitrogens with zero attached hydrogens (tertiary/aromatic N) is 2. The molecule has 1 heterocycles. The van der Waals surface area contributed by atoms with Crippen LogP contribution in [0.2, 0.25) is 0 Å². The van der Waals surface area contributed by atoms with Crippen LogP contribution in [0.5, 0.6) is 5.75 Å². The van der Waals surface area contributed by atoms with E-state index >= 15 is 0 Å². The summed E-state index contributed by atoms with van der Waals surface area (Å²) >= 11 is 0. The molecule has 114 valence electrons. The maximum atomic E-state index is 13.9. The van der Waals surface area contributed by atoms with E-state index < -0.39 is 0 Å². The first-order chi connectivity index (χ1) is 10.1. The molecule has 0 aliphatic carbocycles. The van der Waals surface area contributed by atoms with Crippen molar-refractivity contribution in [2.75, 3.05) is 19.0 Å². The highest BCUT2D eigenvalue weighted by Crippen LogP contribution is 2.26. The Bertz CT molecular complexity index is 597. The van der Waals surface area contributed by atoms with Gasteiger partial charge in [-0.2, -0.15) is 0 Å². The summed E-state index contributed by atoms with van der Waals surface area (Å²) in [6, 6.07) is 4.60. The van der Waals surface area contributed by atoms with Gasteiger partial charge in [-0.25, -0.2) is 9.37 Å². The molecule has 0 radical (unpaired) electrons. The van der Waals surface area contributed by atoms with Gasteiger partial charge in [0.05, 0.1) is 37.1 Å². The summed E-state index contributed by atoms with van der Waals surface area (Å²) in [4.78, 5) is 4.16. The largest absolute Gasteiger partial charge is 0.497 e. The fourth-order valence-corrected chi connectivity index (χ4v) is 2.20. The number of nitrogens with one attached hydrogen (secondary N) is 1. The minimum absolute atomic E-state index is 0.225. The van der Waals surface area contributed by atoms with Crippen molar-refractivity contribution >= 4 is 5.69 Å². The number of rotatable bonds is 6. The zero-order valence-electron chi connectivity index (χ0n) is 12.5. The second-order valence-electron chi connectivity index (χ2n) is 5.10. The molecule has 0 saturated carbocycles. The van der Waals surface area contributed by atoms with E-state index in [0.29, 0.717) is 18.0 Å². The summed E-state index contributed by atoms with van der Waals surface area (Å²) in [5.41, 5.74) is 7.13. The summed E-state index contributed by atoms with van der Waals surface area (Å²) in [6.45, 7) is 4.45. The maximum Gasteiger partial charge on any atom is 0.146 e. The molecule has 0 fully saturated rings. The van der Waals surface area contributed by atoms with Gasteiger partial charge in [0.1, 0.15) is 11.6 Å². The predicted octanol–water partition coefficient (Wildman–Crippen LogP) is 2.72. The van der Waals surface area contributed by atoms with Crippen LogP contribution in [-0.2, 0) is 0 Å². The second-order valence-corrected chi connectivity index (χ2v) is 5.10. The van der Waals surface area contributed by atoms with E-state index in [1.54, 1.807) is 31.8 Å². The zero-order chi connectivity index (χ0) is 15.4. The highest BCUT2D eigenvalue weighted by Gasteiger charge is 2.17. The van der Waals surface area contributed by atoms with Crippen molar-refractivity contribution < 1.29 is 9.13 Å². The SMILES string of the molecule is COc1ccc(F)c(NC(CN)c2cncn2C(C)C)c1. The lowest BCUT2D eigenvalue weighted by atomic mass is 10.1. The number of anilines is 1. The third-order valence-corrected chi connectivity index (χ3v) is 3.35. The second kappa shape index (κ2) is 6.58. The lowest BCUT2D eigenvalue weighted by Gasteiger charge is -2.22. The van der Waals surface area contributed by atoms with Gasteiger partial charge in [0.15, 0.2) is 0 Å². The van der Waals surface area contributed by atoms with Gasteiger partial charge in [0.25, 0.3) is 0 Å². The average molecular weight is 292 g/mol. The van der Waals surface area contributed by atoms with E-state index in [2.05, 4.69) is 24.1 Å². The molecular weight excluding hydrogens is 271 g/mol.